The Labute approximate surface area is 109 Å². The summed E-state index contributed by atoms with van der Waals surface area (Å²) in [7, 11) is 3.94. The predicted octanol–water partition coefficient (Wildman–Crippen LogP) is 0.833. The Hall–Kier alpha value is -1.30. The number of carboxylic acid groups (broad SMARTS) is 1. The summed E-state index contributed by atoms with van der Waals surface area (Å²) in [4.78, 5) is 26.0. The van der Waals surface area contributed by atoms with Gasteiger partial charge in [-0.3, -0.25) is 4.79 Å². The summed E-state index contributed by atoms with van der Waals surface area (Å²) >= 11 is 0. The molecule has 1 unspecified atom stereocenters. The van der Waals surface area contributed by atoms with Gasteiger partial charge in [0.15, 0.2) is 0 Å². The van der Waals surface area contributed by atoms with Gasteiger partial charge in [-0.15, -0.1) is 0 Å². The molecule has 0 spiro atoms. The van der Waals surface area contributed by atoms with E-state index in [1.807, 2.05) is 32.8 Å². The van der Waals surface area contributed by atoms with Crippen LogP contribution in [0.15, 0.2) is 0 Å². The number of hydrogen-bond donors (Lipinski definition) is 2. The Kier molecular flexibility index (Phi) is 8.11. The zero-order valence-corrected chi connectivity index (χ0v) is 11.8. The van der Waals surface area contributed by atoms with Crippen LogP contribution in [-0.4, -0.2) is 66.7 Å². The summed E-state index contributed by atoms with van der Waals surface area (Å²) in [5.74, 6) is -0.987. The molecule has 0 saturated heterocycles. The highest BCUT2D eigenvalue weighted by atomic mass is 16.4. The van der Waals surface area contributed by atoms with Crippen molar-refractivity contribution in [1.82, 2.24) is 15.1 Å². The fraction of sp³-hybridized carbons (Fsp3) is 0.833. The summed E-state index contributed by atoms with van der Waals surface area (Å²) in [6, 6.07) is -0.375. The van der Waals surface area contributed by atoms with Crippen molar-refractivity contribution in [2.45, 2.75) is 32.7 Å². The Morgan fingerprint density at radius 3 is 2.39 bits per heavy atom. The smallest absolute Gasteiger partial charge is 0.323 e. The van der Waals surface area contributed by atoms with Crippen LogP contribution >= 0.6 is 0 Å². The van der Waals surface area contributed by atoms with Crippen molar-refractivity contribution < 1.29 is 14.7 Å². The van der Waals surface area contributed by atoms with Crippen molar-refractivity contribution >= 4 is 12.0 Å². The monoisotopic (exact) mass is 259 g/mol. The van der Waals surface area contributed by atoms with Gasteiger partial charge in [0.25, 0.3) is 0 Å². The van der Waals surface area contributed by atoms with Crippen molar-refractivity contribution in [2.75, 3.05) is 33.7 Å². The maximum atomic E-state index is 11.9. The third-order valence-corrected chi connectivity index (χ3v) is 2.75. The van der Waals surface area contributed by atoms with Crippen LogP contribution in [0.3, 0.4) is 0 Å². The van der Waals surface area contributed by atoms with Crippen LogP contribution in [-0.2, 0) is 4.79 Å². The summed E-state index contributed by atoms with van der Waals surface area (Å²) < 4.78 is 0. The van der Waals surface area contributed by atoms with E-state index >= 15 is 0 Å². The van der Waals surface area contributed by atoms with Crippen molar-refractivity contribution in [3.05, 3.63) is 0 Å². The van der Waals surface area contributed by atoms with E-state index in [4.69, 9.17) is 5.11 Å². The topological polar surface area (TPSA) is 72.9 Å². The molecule has 0 aliphatic rings. The molecule has 0 fully saturated rings. The van der Waals surface area contributed by atoms with Crippen LogP contribution in [0.25, 0.3) is 0 Å². The second-order valence-electron chi connectivity index (χ2n) is 4.67. The predicted molar refractivity (Wildman–Crippen MR) is 70.7 cm³/mol. The van der Waals surface area contributed by atoms with Gasteiger partial charge < -0.3 is 20.2 Å². The highest BCUT2D eigenvalue weighted by Crippen LogP contribution is 2.03. The summed E-state index contributed by atoms with van der Waals surface area (Å²) in [6.07, 6.45) is 1.58. The number of amides is 2. The molecule has 0 saturated carbocycles. The van der Waals surface area contributed by atoms with Gasteiger partial charge in [-0.2, -0.15) is 0 Å². The van der Waals surface area contributed by atoms with Crippen molar-refractivity contribution in [1.29, 1.82) is 0 Å². The van der Waals surface area contributed by atoms with Gasteiger partial charge >= 0.3 is 12.0 Å². The summed E-state index contributed by atoms with van der Waals surface area (Å²) in [5.41, 5.74) is 0. The van der Waals surface area contributed by atoms with Crippen molar-refractivity contribution in [3.63, 3.8) is 0 Å². The van der Waals surface area contributed by atoms with E-state index in [-0.39, 0.29) is 18.6 Å². The average Bonchev–Trinajstić information content (AvgIpc) is 2.29. The van der Waals surface area contributed by atoms with Crippen molar-refractivity contribution in [3.8, 4) is 0 Å². The van der Waals surface area contributed by atoms with E-state index in [9.17, 15) is 9.59 Å². The molecule has 106 valence electrons. The molecular formula is C12H25N3O3. The minimum atomic E-state index is -0.987. The van der Waals surface area contributed by atoms with Gasteiger partial charge in [-0.1, -0.05) is 6.92 Å². The minimum Gasteiger partial charge on any atom is -0.480 e. The van der Waals surface area contributed by atoms with Gasteiger partial charge in [0.05, 0.1) is 0 Å². The standard InChI is InChI=1S/C12H25N3O3/c1-5-10(2)15(9-11(16)17)12(18)13-7-6-8-14(3)4/h10H,5-9H2,1-4H3,(H,13,18)(H,16,17). The lowest BCUT2D eigenvalue weighted by Gasteiger charge is -2.27. The third kappa shape index (κ3) is 7.11. The van der Waals surface area contributed by atoms with Crippen molar-refractivity contribution in [2.24, 2.45) is 0 Å². The van der Waals surface area contributed by atoms with Gasteiger partial charge in [0.2, 0.25) is 0 Å². The molecule has 0 aromatic carbocycles. The van der Waals surface area contributed by atoms with Gasteiger partial charge in [0.1, 0.15) is 6.54 Å². The number of aliphatic carboxylic acids is 1. The van der Waals surface area contributed by atoms with Crippen LogP contribution in [0.2, 0.25) is 0 Å². The SMILES string of the molecule is CCC(C)N(CC(=O)O)C(=O)NCCCN(C)C. The molecule has 2 amide bonds. The third-order valence-electron chi connectivity index (χ3n) is 2.75. The molecule has 0 aromatic heterocycles. The van der Waals surface area contributed by atoms with Crippen LogP contribution in [0.4, 0.5) is 4.79 Å². The lowest BCUT2D eigenvalue weighted by Crippen LogP contribution is -2.47. The molecule has 0 aliphatic heterocycles. The molecule has 0 heterocycles. The molecule has 0 radical (unpaired) electrons. The maximum Gasteiger partial charge on any atom is 0.323 e. The number of urea groups is 1. The van der Waals surface area contributed by atoms with E-state index < -0.39 is 5.97 Å². The first-order chi connectivity index (χ1) is 8.38. The molecule has 0 bridgehead atoms. The molecule has 6 heteroatoms. The first-order valence-corrected chi connectivity index (χ1v) is 6.29. The quantitative estimate of drug-likeness (QED) is 0.633. The molecule has 6 nitrogen and oxygen atoms in total. The zero-order chi connectivity index (χ0) is 14.1. The largest absolute Gasteiger partial charge is 0.480 e. The van der Waals surface area contributed by atoms with E-state index in [1.54, 1.807) is 0 Å². The normalized spacial score (nSPS) is 12.3. The molecule has 0 aliphatic carbocycles. The number of nitrogens with one attached hydrogen (secondary N) is 1. The number of carboxylic acids is 1. The molecule has 1 atom stereocenters. The molecule has 0 rings (SSSR count). The Bertz CT molecular complexity index is 269. The molecule has 2 N–H and O–H groups in total. The Morgan fingerprint density at radius 2 is 1.94 bits per heavy atom. The van der Waals surface area contributed by atoms with Gasteiger partial charge in [0, 0.05) is 12.6 Å². The van der Waals surface area contributed by atoms with E-state index in [0.717, 1.165) is 19.4 Å². The maximum absolute atomic E-state index is 11.9. The lowest BCUT2D eigenvalue weighted by atomic mass is 10.2. The van der Waals surface area contributed by atoms with E-state index in [2.05, 4.69) is 5.32 Å². The Morgan fingerprint density at radius 1 is 1.33 bits per heavy atom. The average molecular weight is 259 g/mol. The first kappa shape index (κ1) is 16.7. The fourth-order valence-electron chi connectivity index (χ4n) is 1.49. The zero-order valence-electron chi connectivity index (χ0n) is 11.8. The number of nitrogens with zero attached hydrogens (tertiary/aromatic N) is 2. The molecule has 18 heavy (non-hydrogen) atoms. The summed E-state index contributed by atoms with van der Waals surface area (Å²) in [5, 5.41) is 11.5. The first-order valence-electron chi connectivity index (χ1n) is 6.29. The second-order valence-corrected chi connectivity index (χ2v) is 4.67. The van der Waals surface area contributed by atoms with Crippen LogP contribution in [0, 0.1) is 0 Å². The van der Waals surface area contributed by atoms with E-state index in [1.165, 1.54) is 4.90 Å². The summed E-state index contributed by atoms with van der Waals surface area (Å²) in [6.45, 7) is 4.97. The molecular weight excluding hydrogens is 234 g/mol. The van der Waals surface area contributed by atoms with Crippen LogP contribution < -0.4 is 5.32 Å². The number of hydrogen-bond acceptors (Lipinski definition) is 3. The highest BCUT2D eigenvalue weighted by molar-refractivity contribution is 5.80. The highest BCUT2D eigenvalue weighted by Gasteiger charge is 2.20. The van der Waals surface area contributed by atoms with E-state index in [0.29, 0.717) is 6.54 Å². The van der Waals surface area contributed by atoms with Crippen LogP contribution in [0.1, 0.15) is 26.7 Å². The second kappa shape index (κ2) is 8.74. The number of rotatable bonds is 8. The number of carbonyl (C=O) groups is 2. The van der Waals surface area contributed by atoms with Gasteiger partial charge in [-0.25, -0.2) is 4.79 Å². The molecule has 0 aromatic rings. The lowest BCUT2D eigenvalue weighted by molar-refractivity contribution is -0.138. The fourth-order valence-corrected chi connectivity index (χ4v) is 1.49. The Balaban J connectivity index is 4.17. The van der Waals surface area contributed by atoms with Crippen LogP contribution in [0.5, 0.6) is 0 Å². The van der Waals surface area contributed by atoms with Gasteiger partial charge in [-0.05, 0) is 40.4 Å². The number of carbonyl (C=O) groups excluding carboxylic acids is 1. The minimum absolute atomic E-state index is 0.0741.